The second kappa shape index (κ2) is 4.24. The smallest absolute Gasteiger partial charge is 0.0181 e. The van der Waals surface area contributed by atoms with E-state index in [0.29, 0.717) is 0 Å². The minimum Gasteiger partial charge on any atom is -0.148 e. The van der Waals surface area contributed by atoms with Gasteiger partial charge in [-0.3, -0.25) is 0 Å². The SMILES string of the molecule is CCC(S)=Cc1ccccc1. The van der Waals surface area contributed by atoms with Gasteiger partial charge in [0, 0.05) is 0 Å². The van der Waals surface area contributed by atoms with Crippen LogP contribution in [-0.4, -0.2) is 0 Å². The molecule has 1 aromatic carbocycles. The molecule has 1 heteroatoms. The molecule has 0 fully saturated rings. The van der Waals surface area contributed by atoms with Crippen LogP contribution in [0.3, 0.4) is 0 Å². The fraction of sp³-hybridized carbons (Fsp3) is 0.200. The Morgan fingerprint density at radius 3 is 2.55 bits per heavy atom. The second-order valence-electron chi connectivity index (χ2n) is 2.40. The highest BCUT2D eigenvalue weighted by Crippen LogP contribution is 2.11. The molecule has 0 N–H and O–H groups in total. The number of benzene rings is 1. The Balaban J connectivity index is 2.79. The maximum absolute atomic E-state index is 4.30. The van der Waals surface area contributed by atoms with E-state index in [4.69, 9.17) is 0 Å². The molecular weight excluding hydrogens is 152 g/mol. The maximum Gasteiger partial charge on any atom is -0.0181 e. The van der Waals surface area contributed by atoms with Crippen molar-refractivity contribution in [3.8, 4) is 0 Å². The summed E-state index contributed by atoms with van der Waals surface area (Å²) in [7, 11) is 0. The van der Waals surface area contributed by atoms with E-state index in [2.05, 4.69) is 37.8 Å². The van der Waals surface area contributed by atoms with Crippen LogP contribution in [0.15, 0.2) is 35.2 Å². The van der Waals surface area contributed by atoms with Crippen LogP contribution < -0.4 is 0 Å². The van der Waals surface area contributed by atoms with E-state index < -0.39 is 0 Å². The van der Waals surface area contributed by atoms with E-state index in [0.717, 1.165) is 11.3 Å². The van der Waals surface area contributed by atoms with Gasteiger partial charge in [-0.1, -0.05) is 37.3 Å². The first-order chi connectivity index (χ1) is 5.33. The van der Waals surface area contributed by atoms with Gasteiger partial charge in [-0.15, -0.1) is 12.6 Å². The molecule has 0 aromatic heterocycles. The summed E-state index contributed by atoms with van der Waals surface area (Å²) >= 11 is 4.30. The molecule has 0 radical (unpaired) electrons. The van der Waals surface area contributed by atoms with Gasteiger partial charge in [0.05, 0.1) is 0 Å². The summed E-state index contributed by atoms with van der Waals surface area (Å²) in [6.07, 6.45) is 3.08. The first-order valence-electron chi connectivity index (χ1n) is 3.77. The molecule has 0 atom stereocenters. The quantitative estimate of drug-likeness (QED) is 0.636. The number of thiol groups is 1. The van der Waals surface area contributed by atoms with Gasteiger partial charge >= 0.3 is 0 Å². The Bertz CT molecular complexity index is 236. The fourth-order valence-electron chi connectivity index (χ4n) is 0.844. The van der Waals surface area contributed by atoms with Gasteiger partial charge in [0.25, 0.3) is 0 Å². The number of hydrogen-bond donors (Lipinski definition) is 1. The van der Waals surface area contributed by atoms with Crippen molar-refractivity contribution in [1.29, 1.82) is 0 Å². The van der Waals surface area contributed by atoms with Gasteiger partial charge in [-0.2, -0.15) is 0 Å². The van der Waals surface area contributed by atoms with Crippen molar-refractivity contribution in [1.82, 2.24) is 0 Å². The largest absolute Gasteiger partial charge is 0.148 e. The molecule has 0 bridgehead atoms. The molecule has 0 amide bonds. The maximum atomic E-state index is 4.30. The normalized spacial score (nSPS) is 11.6. The lowest BCUT2D eigenvalue weighted by molar-refractivity contribution is 1.21. The zero-order valence-electron chi connectivity index (χ0n) is 6.62. The Morgan fingerprint density at radius 2 is 2.00 bits per heavy atom. The van der Waals surface area contributed by atoms with E-state index in [1.54, 1.807) is 0 Å². The van der Waals surface area contributed by atoms with E-state index >= 15 is 0 Å². The third-order valence-corrected chi connectivity index (χ3v) is 1.94. The van der Waals surface area contributed by atoms with Crippen molar-refractivity contribution in [3.63, 3.8) is 0 Å². The molecule has 0 heterocycles. The summed E-state index contributed by atoms with van der Waals surface area (Å²) in [4.78, 5) is 1.12. The summed E-state index contributed by atoms with van der Waals surface area (Å²) in [5.74, 6) is 0. The Labute approximate surface area is 73.4 Å². The summed E-state index contributed by atoms with van der Waals surface area (Å²) in [6, 6.07) is 10.2. The van der Waals surface area contributed by atoms with Crippen LogP contribution in [0.2, 0.25) is 0 Å². The topological polar surface area (TPSA) is 0 Å². The van der Waals surface area contributed by atoms with Crippen molar-refractivity contribution in [2.45, 2.75) is 13.3 Å². The minimum absolute atomic E-state index is 0.998. The zero-order chi connectivity index (χ0) is 8.10. The van der Waals surface area contributed by atoms with Crippen LogP contribution in [0.4, 0.5) is 0 Å². The molecule has 11 heavy (non-hydrogen) atoms. The number of allylic oxidation sites excluding steroid dienone is 1. The summed E-state index contributed by atoms with van der Waals surface area (Å²) in [6.45, 7) is 2.10. The molecule has 0 saturated carbocycles. The van der Waals surface area contributed by atoms with Crippen LogP contribution in [0.25, 0.3) is 6.08 Å². The van der Waals surface area contributed by atoms with Gasteiger partial charge in [-0.25, -0.2) is 0 Å². The summed E-state index contributed by atoms with van der Waals surface area (Å²) in [5.41, 5.74) is 1.22. The predicted octanol–water partition coefficient (Wildman–Crippen LogP) is 3.37. The molecular formula is C10H12S. The molecule has 0 saturated heterocycles. The fourth-order valence-corrected chi connectivity index (χ4v) is 0.993. The van der Waals surface area contributed by atoms with Crippen LogP contribution in [0.5, 0.6) is 0 Å². The Morgan fingerprint density at radius 1 is 1.36 bits per heavy atom. The lowest BCUT2D eigenvalue weighted by Gasteiger charge is -1.94. The van der Waals surface area contributed by atoms with E-state index in [9.17, 15) is 0 Å². The molecule has 0 aliphatic rings. The highest BCUT2D eigenvalue weighted by molar-refractivity contribution is 7.84. The van der Waals surface area contributed by atoms with Gasteiger partial charge in [-0.05, 0) is 23.0 Å². The van der Waals surface area contributed by atoms with Crippen molar-refractivity contribution >= 4 is 18.7 Å². The standard InChI is InChI=1S/C10H12S/c1-2-10(11)8-9-6-4-3-5-7-9/h3-8,11H,2H2,1H3. The van der Waals surface area contributed by atoms with Crippen molar-refractivity contribution in [2.24, 2.45) is 0 Å². The monoisotopic (exact) mass is 164 g/mol. The van der Waals surface area contributed by atoms with E-state index in [1.807, 2.05) is 18.2 Å². The van der Waals surface area contributed by atoms with Gasteiger partial charge in [0.1, 0.15) is 0 Å². The van der Waals surface area contributed by atoms with Crippen LogP contribution in [0.1, 0.15) is 18.9 Å². The average Bonchev–Trinajstić information content (AvgIpc) is 2.06. The minimum atomic E-state index is 0.998. The number of hydrogen-bond acceptors (Lipinski definition) is 1. The predicted molar refractivity (Wildman–Crippen MR) is 53.7 cm³/mol. The molecule has 58 valence electrons. The molecule has 0 nitrogen and oxygen atoms in total. The van der Waals surface area contributed by atoms with Gasteiger partial charge < -0.3 is 0 Å². The number of rotatable bonds is 2. The Kier molecular flexibility index (Phi) is 3.24. The first kappa shape index (κ1) is 8.41. The Hall–Kier alpha value is -0.690. The van der Waals surface area contributed by atoms with Gasteiger partial charge in [0.15, 0.2) is 0 Å². The zero-order valence-corrected chi connectivity index (χ0v) is 7.51. The lowest BCUT2D eigenvalue weighted by atomic mass is 10.2. The van der Waals surface area contributed by atoms with Crippen molar-refractivity contribution in [3.05, 3.63) is 40.8 Å². The first-order valence-corrected chi connectivity index (χ1v) is 4.22. The van der Waals surface area contributed by atoms with Crippen molar-refractivity contribution in [2.75, 3.05) is 0 Å². The molecule has 0 aliphatic carbocycles. The summed E-state index contributed by atoms with van der Waals surface area (Å²) in [5, 5.41) is 0. The summed E-state index contributed by atoms with van der Waals surface area (Å²) < 4.78 is 0. The second-order valence-corrected chi connectivity index (χ2v) is 2.97. The molecule has 0 spiro atoms. The van der Waals surface area contributed by atoms with Crippen LogP contribution in [-0.2, 0) is 0 Å². The molecule has 0 unspecified atom stereocenters. The lowest BCUT2D eigenvalue weighted by Crippen LogP contribution is -1.71. The molecule has 1 aromatic rings. The van der Waals surface area contributed by atoms with Crippen LogP contribution >= 0.6 is 12.6 Å². The van der Waals surface area contributed by atoms with Crippen LogP contribution in [0, 0.1) is 0 Å². The van der Waals surface area contributed by atoms with E-state index in [1.165, 1.54) is 5.56 Å². The highest BCUT2D eigenvalue weighted by atomic mass is 32.1. The third-order valence-electron chi connectivity index (χ3n) is 1.50. The molecule has 0 aliphatic heterocycles. The third kappa shape index (κ3) is 2.81. The molecule has 1 rings (SSSR count). The highest BCUT2D eigenvalue weighted by Gasteiger charge is 1.86. The van der Waals surface area contributed by atoms with E-state index in [-0.39, 0.29) is 0 Å². The van der Waals surface area contributed by atoms with Gasteiger partial charge in [0.2, 0.25) is 0 Å². The van der Waals surface area contributed by atoms with Crippen molar-refractivity contribution < 1.29 is 0 Å². The average molecular weight is 164 g/mol.